The molecule has 0 radical (unpaired) electrons. The normalized spacial score (nSPS) is 11.6. The first-order valence-electron chi connectivity index (χ1n) is 6.73. The summed E-state index contributed by atoms with van der Waals surface area (Å²) in [5, 5.41) is 9.21. The molecule has 21 heavy (non-hydrogen) atoms. The van der Waals surface area contributed by atoms with Gasteiger partial charge in [-0.25, -0.2) is 17.5 Å². The van der Waals surface area contributed by atoms with Gasteiger partial charge in [0.15, 0.2) is 0 Å². The van der Waals surface area contributed by atoms with Crippen LogP contribution in [0.5, 0.6) is 5.75 Å². The van der Waals surface area contributed by atoms with Crippen LogP contribution in [0.25, 0.3) is 0 Å². The first kappa shape index (κ1) is 17.5. The van der Waals surface area contributed by atoms with Crippen molar-refractivity contribution in [3.05, 3.63) is 23.8 Å². The van der Waals surface area contributed by atoms with E-state index < -0.39 is 16.0 Å². The maximum absolute atomic E-state index is 12.0. The van der Waals surface area contributed by atoms with Gasteiger partial charge in [0, 0.05) is 14.1 Å². The van der Waals surface area contributed by atoms with E-state index >= 15 is 0 Å². The van der Waals surface area contributed by atoms with Crippen LogP contribution in [0, 0.1) is 0 Å². The highest BCUT2D eigenvalue weighted by molar-refractivity contribution is 7.89. The van der Waals surface area contributed by atoms with E-state index in [9.17, 15) is 18.3 Å². The molecule has 1 aromatic rings. The Kier molecular flexibility index (Phi) is 6.17. The van der Waals surface area contributed by atoms with Gasteiger partial charge in [0.2, 0.25) is 10.0 Å². The summed E-state index contributed by atoms with van der Waals surface area (Å²) >= 11 is 0. The first-order valence-corrected chi connectivity index (χ1v) is 8.17. The molecule has 7 heteroatoms. The summed E-state index contributed by atoms with van der Waals surface area (Å²) < 4.78 is 30.5. The number of benzene rings is 1. The average molecular weight is 315 g/mol. The highest BCUT2D eigenvalue weighted by atomic mass is 32.2. The molecule has 0 aromatic heterocycles. The lowest BCUT2D eigenvalue weighted by Gasteiger charge is -2.14. The number of ether oxygens (including phenoxy) is 1. The summed E-state index contributed by atoms with van der Waals surface area (Å²) in [6, 6.07) is 3.88. The number of hydrogen-bond donors (Lipinski definition) is 1. The van der Waals surface area contributed by atoms with Crippen molar-refractivity contribution < 1.29 is 23.1 Å². The van der Waals surface area contributed by atoms with Gasteiger partial charge in [-0.2, -0.15) is 0 Å². The molecule has 1 aromatic carbocycles. The van der Waals surface area contributed by atoms with E-state index in [0.29, 0.717) is 6.61 Å². The Balaban J connectivity index is 3.06. The summed E-state index contributed by atoms with van der Waals surface area (Å²) in [5.41, 5.74) is -0.144. The van der Waals surface area contributed by atoms with Gasteiger partial charge >= 0.3 is 5.97 Å². The van der Waals surface area contributed by atoms with Crippen LogP contribution in [0.1, 0.15) is 36.5 Å². The van der Waals surface area contributed by atoms with Crippen molar-refractivity contribution in [2.24, 2.45) is 0 Å². The Morgan fingerprint density at radius 1 is 1.29 bits per heavy atom. The molecule has 0 atom stereocenters. The van der Waals surface area contributed by atoms with Gasteiger partial charge < -0.3 is 9.84 Å². The van der Waals surface area contributed by atoms with Gasteiger partial charge in [0.05, 0.1) is 11.5 Å². The number of nitrogens with zero attached hydrogens (tertiary/aromatic N) is 1. The lowest BCUT2D eigenvalue weighted by Crippen LogP contribution is -2.22. The summed E-state index contributed by atoms with van der Waals surface area (Å²) in [5.74, 6) is -1.02. The van der Waals surface area contributed by atoms with Gasteiger partial charge in [-0.3, -0.25) is 0 Å². The molecule has 0 aliphatic carbocycles. The van der Waals surface area contributed by atoms with E-state index in [1.807, 2.05) is 0 Å². The molecular formula is C14H21NO5S. The number of hydrogen-bond acceptors (Lipinski definition) is 4. The van der Waals surface area contributed by atoms with Crippen LogP contribution in [-0.2, 0) is 10.0 Å². The Labute approximate surface area is 125 Å². The molecule has 0 amide bonds. The smallest absolute Gasteiger partial charge is 0.339 e. The minimum absolute atomic E-state index is 0.0641. The molecular weight excluding hydrogens is 294 g/mol. The van der Waals surface area contributed by atoms with Gasteiger partial charge in [-0.15, -0.1) is 0 Å². The maximum atomic E-state index is 12.0. The van der Waals surface area contributed by atoms with Crippen molar-refractivity contribution in [1.29, 1.82) is 0 Å². The van der Waals surface area contributed by atoms with E-state index in [2.05, 4.69) is 6.92 Å². The lowest BCUT2D eigenvalue weighted by molar-refractivity contribution is 0.0692. The largest absolute Gasteiger partial charge is 0.493 e. The zero-order valence-corrected chi connectivity index (χ0v) is 13.3. The van der Waals surface area contributed by atoms with Crippen molar-refractivity contribution >= 4 is 16.0 Å². The molecule has 1 N–H and O–H groups in total. The molecule has 0 bridgehead atoms. The quantitative estimate of drug-likeness (QED) is 0.744. The number of carbonyl (C=O) groups is 1. The van der Waals surface area contributed by atoms with Crippen LogP contribution in [0.15, 0.2) is 23.1 Å². The van der Waals surface area contributed by atoms with E-state index in [1.54, 1.807) is 0 Å². The van der Waals surface area contributed by atoms with Crippen LogP contribution in [0.3, 0.4) is 0 Å². The number of carboxylic acid groups (broad SMARTS) is 1. The van der Waals surface area contributed by atoms with E-state index in [4.69, 9.17) is 4.74 Å². The van der Waals surface area contributed by atoms with Crippen LogP contribution >= 0.6 is 0 Å². The molecule has 0 saturated carbocycles. The van der Waals surface area contributed by atoms with Crippen molar-refractivity contribution in [2.45, 2.75) is 31.1 Å². The third-order valence-electron chi connectivity index (χ3n) is 2.97. The van der Waals surface area contributed by atoms with Crippen LogP contribution in [0.2, 0.25) is 0 Å². The molecule has 0 unspecified atom stereocenters. The second kappa shape index (κ2) is 7.42. The second-order valence-electron chi connectivity index (χ2n) is 4.81. The molecule has 118 valence electrons. The molecule has 0 fully saturated rings. The van der Waals surface area contributed by atoms with Gasteiger partial charge in [0.25, 0.3) is 0 Å². The number of aromatic carboxylic acids is 1. The van der Waals surface area contributed by atoms with Crippen molar-refractivity contribution in [2.75, 3.05) is 20.7 Å². The minimum atomic E-state index is -3.66. The van der Waals surface area contributed by atoms with Gasteiger partial charge in [0.1, 0.15) is 11.3 Å². The molecule has 0 aliphatic rings. The van der Waals surface area contributed by atoms with E-state index in [1.165, 1.54) is 26.2 Å². The predicted molar refractivity (Wildman–Crippen MR) is 79.3 cm³/mol. The molecule has 1 rings (SSSR count). The minimum Gasteiger partial charge on any atom is -0.493 e. The summed E-state index contributed by atoms with van der Waals surface area (Å²) in [6.45, 7) is 2.47. The fourth-order valence-corrected chi connectivity index (χ4v) is 2.64. The molecule has 0 aliphatic heterocycles. The number of carboxylic acids is 1. The number of unbranched alkanes of at least 4 members (excludes halogenated alkanes) is 2. The second-order valence-corrected chi connectivity index (χ2v) is 6.96. The highest BCUT2D eigenvalue weighted by Gasteiger charge is 2.21. The first-order chi connectivity index (χ1) is 9.80. The zero-order valence-electron chi connectivity index (χ0n) is 12.5. The maximum Gasteiger partial charge on any atom is 0.339 e. The standard InChI is InChI=1S/C14H21NO5S/c1-4-5-6-9-20-13-8-7-11(10-12(13)14(16)17)21(18,19)15(2)3/h7-8,10H,4-6,9H2,1-3H3,(H,16,17). The van der Waals surface area contributed by atoms with Crippen molar-refractivity contribution in [3.63, 3.8) is 0 Å². The lowest BCUT2D eigenvalue weighted by atomic mass is 10.2. The molecule has 0 spiro atoms. The molecule has 0 saturated heterocycles. The average Bonchev–Trinajstić information content (AvgIpc) is 2.43. The van der Waals surface area contributed by atoms with Crippen molar-refractivity contribution in [1.82, 2.24) is 4.31 Å². The monoisotopic (exact) mass is 315 g/mol. The van der Waals surface area contributed by atoms with E-state index in [-0.39, 0.29) is 16.2 Å². The van der Waals surface area contributed by atoms with Crippen LogP contribution < -0.4 is 4.74 Å². The van der Waals surface area contributed by atoms with Gasteiger partial charge in [-0.05, 0) is 24.6 Å². The van der Waals surface area contributed by atoms with Crippen molar-refractivity contribution in [3.8, 4) is 5.75 Å². The SMILES string of the molecule is CCCCCOc1ccc(S(=O)(=O)N(C)C)cc1C(=O)O. The fourth-order valence-electron chi connectivity index (χ4n) is 1.71. The molecule has 0 heterocycles. The van der Waals surface area contributed by atoms with Crippen LogP contribution in [0.4, 0.5) is 0 Å². The summed E-state index contributed by atoms with van der Waals surface area (Å²) in [6.07, 6.45) is 2.86. The number of rotatable bonds is 8. The highest BCUT2D eigenvalue weighted by Crippen LogP contribution is 2.24. The Morgan fingerprint density at radius 3 is 2.48 bits per heavy atom. The Morgan fingerprint density at radius 2 is 1.95 bits per heavy atom. The number of sulfonamides is 1. The zero-order chi connectivity index (χ0) is 16.0. The van der Waals surface area contributed by atoms with Crippen LogP contribution in [-0.4, -0.2) is 44.5 Å². The topological polar surface area (TPSA) is 83.9 Å². The fraction of sp³-hybridized carbons (Fsp3) is 0.500. The van der Waals surface area contributed by atoms with Gasteiger partial charge in [-0.1, -0.05) is 19.8 Å². The third kappa shape index (κ3) is 4.44. The molecule has 6 nitrogen and oxygen atoms in total. The third-order valence-corrected chi connectivity index (χ3v) is 4.78. The Bertz CT molecular complexity index is 595. The Hall–Kier alpha value is -1.60. The summed E-state index contributed by atoms with van der Waals surface area (Å²) in [7, 11) is -0.877. The summed E-state index contributed by atoms with van der Waals surface area (Å²) in [4.78, 5) is 11.2. The van der Waals surface area contributed by atoms with E-state index in [0.717, 1.165) is 29.6 Å². The predicted octanol–water partition coefficient (Wildman–Crippen LogP) is 2.20.